The molecule has 1 unspecified atom stereocenters. The molecule has 0 heterocycles. The minimum absolute atomic E-state index is 0.00158. The molecule has 5 heteroatoms. The second-order valence-corrected chi connectivity index (χ2v) is 4.01. The van der Waals surface area contributed by atoms with Crippen LogP contribution in [0.4, 0.5) is 5.69 Å². The van der Waals surface area contributed by atoms with Gasteiger partial charge >= 0.3 is 0 Å². The highest BCUT2D eigenvalue weighted by Gasteiger charge is 2.22. The summed E-state index contributed by atoms with van der Waals surface area (Å²) in [7, 11) is 0. The number of rotatable bonds is 4. The zero-order chi connectivity index (χ0) is 13.0. The molecule has 1 aromatic carbocycles. The van der Waals surface area contributed by atoms with Crippen molar-refractivity contribution in [1.82, 2.24) is 5.32 Å². The van der Waals surface area contributed by atoms with Gasteiger partial charge in [-0.1, -0.05) is 19.1 Å². The maximum Gasteiger partial charge on any atom is 0.282 e. The molecule has 0 fully saturated rings. The van der Waals surface area contributed by atoms with Crippen LogP contribution in [0.15, 0.2) is 18.2 Å². The van der Waals surface area contributed by atoms with Crippen molar-refractivity contribution < 1.29 is 9.72 Å². The van der Waals surface area contributed by atoms with Gasteiger partial charge in [0.2, 0.25) is 0 Å². The molecule has 1 rings (SSSR count). The number of benzene rings is 1. The van der Waals surface area contributed by atoms with Gasteiger partial charge < -0.3 is 5.32 Å². The standard InChI is InChI=1S/C12H16N2O3/c1-4-9(3)13-12(15)11-8(2)6-5-7-10(11)14(16)17/h5-7,9H,4H2,1-3H3,(H,13,15). The predicted octanol–water partition coefficient (Wildman–Crippen LogP) is 2.43. The van der Waals surface area contributed by atoms with Gasteiger partial charge in [0.25, 0.3) is 11.6 Å². The van der Waals surface area contributed by atoms with Crippen LogP contribution in [0.2, 0.25) is 0 Å². The second-order valence-electron chi connectivity index (χ2n) is 4.01. The third-order valence-electron chi connectivity index (χ3n) is 2.66. The Bertz CT molecular complexity index is 443. The molecule has 1 amide bonds. The first-order valence-corrected chi connectivity index (χ1v) is 5.52. The fraction of sp³-hybridized carbons (Fsp3) is 0.417. The van der Waals surface area contributed by atoms with Crippen LogP contribution in [-0.4, -0.2) is 16.9 Å². The first kappa shape index (κ1) is 13.2. The summed E-state index contributed by atoms with van der Waals surface area (Å²) >= 11 is 0. The topological polar surface area (TPSA) is 72.2 Å². The van der Waals surface area contributed by atoms with Crippen LogP contribution in [0, 0.1) is 17.0 Å². The zero-order valence-electron chi connectivity index (χ0n) is 10.2. The lowest BCUT2D eigenvalue weighted by Gasteiger charge is -2.12. The molecule has 1 N–H and O–H groups in total. The summed E-state index contributed by atoms with van der Waals surface area (Å²) in [6.07, 6.45) is 0.783. The molecule has 0 aliphatic rings. The van der Waals surface area contributed by atoms with Crippen molar-refractivity contribution in [3.05, 3.63) is 39.4 Å². The molecule has 0 saturated heterocycles. The first-order chi connectivity index (χ1) is 7.97. The summed E-state index contributed by atoms with van der Waals surface area (Å²) in [4.78, 5) is 22.3. The summed E-state index contributed by atoms with van der Waals surface area (Å²) in [5, 5.41) is 13.6. The van der Waals surface area contributed by atoms with Gasteiger partial charge in [0.1, 0.15) is 5.56 Å². The summed E-state index contributed by atoms with van der Waals surface area (Å²) in [6.45, 7) is 5.50. The number of amides is 1. The number of nitro groups is 1. The first-order valence-electron chi connectivity index (χ1n) is 5.52. The Morgan fingerprint density at radius 2 is 2.18 bits per heavy atom. The van der Waals surface area contributed by atoms with E-state index in [0.717, 1.165) is 6.42 Å². The molecular formula is C12H16N2O3. The van der Waals surface area contributed by atoms with E-state index in [1.165, 1.54) is 6.07 Å². The number of carbonyl (C=O) groups excluding carboxylic acids is 1. The average Bonchev–Trinajstić information content (AvgIpc) is 2.28. The Labute approximate surface area is 100.0 Å². The molecule has 0 bridgehead atoms. The normalized spacial score (nSPS) is 11.9. The van der Waals surface area contributed by atoms with E-state index in [4.69, 9.17) is 0 Å². The van der Waals surface area contributed by atoms with Gasteiger partial charge in [-0.15, -0.1) is 0 Å². The summed E-state index contributed by atoms with van der Waals surface area (Å²) in [5.41, 5.74) is 0.614. The van der Waals surface area contributed by atoms with E-state index in [-0.39, 0.29) is 23.2 Å². The van der Waals surface area contributed by atoms with Gasteiger partial charge in [-0.25, -0.2) is 0 Å². The third kappa shape index (κ3) is 3.03. The largest absolute Gasteiger partial charge is 0.349 e. The number of nitrogens with one attached hydrogen (secondary N) is 1. The van der Waals surface area contributed by atoms with E-state index in [9.17, 15) is 14.9 Å². The molecule has 0 saturated carbocycles. The van der Waals surface area contributed by atoms with Crippen molar-refractivity contribution in [2.24, 2.45) is 0 Å². The van der Waals surface area contributed by atoms with E-state index >= 15 is 0 Å². The maximum atomic E-state index is 11.9. The van der Waals surface area contributed by atoms with Crippen molar-refractivity contribution in [2.45, 2.75) is 33.2 Å². The summed E-state index contributed by atoms with van der Waals surface area (Å²) in [5.74, 6) is -0.385. The fourth-order valence-electron chi connectivity index (χ4n) is 1.50. The van der Waals surface area contributed by atoms with Crippen LogP contribution in [-0.2, 0) is 0 Å². The Hall–Kier alpha value is -1.91. The molecule has 1 aromatic rings. The number of carbonyl (C=O) groups is 1. The number of nitro benzene ring substituents is 1. The Kier molecular flexibility index (Phi) is 4.20. The molecule has 92 valence electrons. The molecular weight excluding hydrogens is 220 g/mol. The summed E-state index contributed by atoms with van der Waals surface area (Å²) < 4.78 is 0. The number of hydrogen-bond acceptors (Lipinski definition) is 3. The van der Waals surface area contributed by atoms with Crippen molar-refractivity contribution in [3.8, 4) is 0 Å². The Morgan fingerprint density at radius 1 is 1.53 bits per heavy atom. The minimum atomic E-state index is -0.529. The van der Waals surface area contributed by atoms with Crippen LogP contribution in [0.25, 0.3) is 0 Å². The highest BCUT2D eigenvalue weighted by molar-refractivity contribution is 5.99. The van der Waals surface area contributed by atoms with Crippen LogP contribution < -0.4 is 5.32 Å². The number of nitrogens with zero attached hydrogens (tertiary/aromatic N) is 1. The highest BCUT2D eigenvalue weighted by atomic mass is 16.6. The van der Waals surface area contributed by atoms with Crippen LogP contribution >= 0.6 is 0 Å². The second kappa shape index (κ2) is 5.43. The van der Waals surface area contributed by atoms with E-state index < -0.39 is 4.92 Å². The van der Waals surface area contributed by atoms with Gasteiger partial charge in [0, 0.05) is 12.1 Å². The molecule has 0 aliphatic heterocycles. The van der Waals surface area contributed by atoms with Crippen molar-refractivity contribution in [3.63, 3.8) is 0 Å². The quantitative estimate of drug-likeness (QED) is 0.644. The maximum absolute atomic E-state index is 11.9. The molecule has 5 nitrogen and oxygen atoms in total. The van der Waals surface area contributed by atoms with Crippen molar-refractivity contribution in [2.75, 3.05) is 0 Å². The average molecular weight is 236 g/mol. The highest BCUT2D eigenvalue weighted by Crippen LogP contribution is 2.21. The van der Waals surface area contributed by atoms with Crippen LogP contribution in [0.5, 0.6) is 0 Å². The molecule has 1 atom stereocenters. The van der Waals surface area contributed by atoms with Crippen molar-refractivity contribution >= 4 is 11.6 Å². The SMILES string of the molecule is CCC(C)NC(=O)c1c(C)cccc1[N+](=O)[O-]. The molecule has 0 spiro atoms. The van der Waals surface area contributed by atoms with Gasteiger partial charge in [0.05, 0.1) is 4.92 Å². The van der Waals surface area contributed by atoms with E-state index in [1.807, 2.05) is 13.8 Å². The van der Waals surface area contributed by atoms with E-state index in [2.05, 4.69) is 5.32 Å². The lowest BCUT2D eigenvalue weighted by molar-refractivity contribution is -0.385. The number of hydrogen-bond donors (Lipinski definition) is 1. The summed E-state index contributed by atoms with van der Waals surface area (Å²) in [6, 6.07) is 4.62. The third-order valence-corrected chi connectivity index (χ3v) is 2.66. The van der Waals surface area contributed by atoms with E-state index in [1.54, 1.807) is 19.1 Å². The monoisotopic (exact) mass is 236 g/mol. The fourth-order valence-corrected chi connectivity index (χ4v) is 1.50. The zero-order valence-corrected chi connectivity index (χ0v) is 10.2. The van der Waals surface area contributed by atoms with Gasteiger partial charge in [0.15, 0.2) is 0 Å². The minimum Gasteiger partial charge on any atom is -0.349 e. The molecule has 0 aromatic heterocycles. The van der Waals surface area contributed by atoms with Gasteiger partial charge in [-0.2, -0.15) is 0 Å². The lowest BCUT2D eigenvalue weighted by Crippen LogP contribution is -2.32. The molecule has 0 radical (unpaired) electrons. The van der Waals surface area contributed by atoms with Crippen molar-refractivity contribution in [1.29, 1.82) is 0 Å². The lowest BCUT2D eigenvalue weighted by atomic mass is 10.1. The Morgan fingerprint density at radius 3 is 2.71 bits per heavy atom. The van der Waals surface area contributed by atoms with Crippen LogP contribution in [0.3, 0.4) is 0 Å². The van der Waals surface area contributed by atoms with Crippen LogP contribution in [0.1, 0.15) is 36.2 Å². The van der Waals surface area contributed by atoms with E-state index in [0.29, 0.717) is 5.56 Å². The molecule has 17 heavy (non-hydrogen) atoms. The van der Waals surface area contributed by atoms with Gasteiger partial charge in [-0.3, -0.25) is 14.9 Å². The van der Waals surface area contributed by atoms with Gasteiger partial charge in [-0.05, 0) is 25.8 Å². The number of aryl methyl sites for hydroxylation is 1. The Balaban J connectivity index is 3.11. The smallest absolute Gasteiger partial charge is 0.282 e. The predicted molar refractivity (Wildman–Crippen MR) is 65.1 cm³/mol. The molecule has 0 aliphatic carbocycles.